The standard InChI is InChI=1S/C27H32N2O6/c1-17(2)14-23(24(30)29(3)27(25(31)32)12-13-34-16-27)28-26(33)35-15-22-20-10-6-4-8-18(20)19-9-5-7-11-21(19)22/h4-11,17,22-23H,12-16H2,1-3H3,(H,28,33)(H,31,32)/t23-,27?/m0/s1. The van der Waals surface area contributed by atoms with Crippen molar-refractivity contribution < 1.29 is 29.0 Å². The number of likely N-dealkylation sites (N-methyl/N-ethyl adjacent to an activating group) is 1. The minimum Gasteiger partial charge on any atom is -0.479 e. The molecular formula is C27H32N2O6. The van der Waals surface area contributed by atoms with E-state index in [1.165, 1.54) is 11.9 Å². The van der Waals surface area contributed by atoms with E-state index >= 15 is 0 Å². The van der Waals surface area contributed by atoms with Crippen LogP contribution >= 0.6 is 0 Å². The maximum absolute atomic E-state index is 13.3. The van der Waals surface area contributed by atoms with Crippen molar-refractivity contribution in [2.75, 3.05) is 26.9 Å². The molecule has 35 heavy (non-hydrogen) atoms. The maximum atomic E-state index is 13.3. The molecule has 2 atom stereocenters. The number of aliphatic carboxylic acids is 1. The van der Waals surface area contributed by atoms with Gasteiger partial charge in [0.1, 0.15) is 12.6 Å². The van der Waals surface area contributed by atoms with Gasteiger partial charge in [-0.1, -0.05) is 62.4 Å². The summed E-state index contributed by atoms with van der Waals surface area (Å²) >= 11 is 0. The number of carbonyl (C=O) groups is 3. The van der Waals surface area contributed by atoms with Crippen LogP contribution in [0.25, 0.3) is 11.1 Å². The zero-order valence-corrected chi connectivity index (χ0v) is 20.3. The highest BCUT2D eigenvalue weighted by Crippen LogP contribution is 2.44. The van der Waals surface area contributed by atoms with E-state index in [9.17, 15) is 19.5 Å². The molecule has 1 aliphatic heterocycles. The quantitative estimate of drug-likeness (QED) is 0.598. The monoisotopic (exact) mass is 480 g/mol. The van der Waals surface area contributed by atoms with Gasteiger partial charge < -0.3 is 24.8 Å². The molecule has 1 aliphatic carbocycles. The van der Waals surface area contributed by atoms with E-state index < -0.39 is 29.6 Å². The maximum Gasteiger partial charge on any atom is 0.407 e. The van der Waals surface area contributed by atoms with Gasteiger partial charge >= 0.3 is 12.1 Å². The van der Waals surface area contributed by atoms with Crippen LogP contribution in [0.5, 0.6) is 0 Å². The topological polar surface area (TPSA) is 105 Å². The number of benzene rings is 2. The number of carboxylic acids is 1. The molecule has 1 fully saturated rings. The molecule has 2 amide bonds. The Morgan fingerprint density at radius 3 is 2.23 bits per heavy atom. The molecule has 4 rings (SSSR count). The van der Waals surface area contributed by atoms with Crippen LogP contribution < -0.4 is 5.32 Å². The summed E-state index contributed by atoms with van der Waals surface area (Å²) in [5.74, 6) is -1.59. The number of hydrogen-bond donors (Lipinski definition) is 2. The SMILES string of the molecule is CC(C)C[C@H](NC(=O)OCC1c2ccccc2-c2ccccc21)C(=O)N(C)C1(C(=O)O)CCOC1. The molecule has 1 saturated heterocycles. The van der Waals surface area contributed by atoms with Gasteiger partial charge in [0.15, 0.2) is 5.54 Å². The highest BCUT2D eigenvalue weighted by atomic mass is 16.5. The van der Waals surface area contributed by atoms with Gasteiger partial charge in [-0.3, -0.25) is 4.79 Å². The molecule has 8 heteroatoms. The summed E-state index contributed by atoms with van der Waals surface area (Å²) in [7, 11) is 1.46. The van der Waals surface area contributed by atoms with Gasteiger partial charge in [0.05, 0.1) is 6.61 Å². The van der Waals surface area contributed by atoms with E-state index in [0.717, 1.165) is 22.3 Å². The minimum absolute atomic E-state index is 0.0794. The number of fused-ring (bicyclic) bond motifs is 3. The van der Waals surface area contributed by atoms with E-state index in [2.05, 4.69) is 17.4 Å². The van der Waals surface area contributed by atoms with Gasteiger partial charge in [0.2, 0.25) is 5.91 Å². The van der Waals surface area contributed by atoms with E-state index in [-0.39, 0.29) is 38.1 Å². The molecular weight excluding hydrogens is 448 g/mol. The predicted octanol–water partition coefficient (Wildman–Crippen LogP) is 3.64. The first-order valence-electron chi connectivity index (χ1n) is 11.9. The molecule has 2 N–H and O–H groups in total. The first kappa shape index (κ1) is 24.7. The van der Waals surface area contributed by atoms with Crippen LogP contribution in [-0.2, 0) is 19.1 Å². The van der Waals surface area contributed by atoms with E-state index in [1.807, 2.05) is 50.2 Å². The average molecular weight is 481 g/mol. The smallest absolute Gasteiger partial charge is 0.407 e. The number of nitrogens with zero attached hydrogens (tertiary/aromatic N) is 1. The van der Waals surface area contributed by atoms with Gasteiger partial charge in [0, 0.05) is 26.0 Å². The van der Waals surface area contributed by atoms with Crippen molar-refractivity contribution >= 4 is 18.0 Å². The summed E-state index contributed by atoms with van der Waals surface area (Å²) in [6.07, 6.45) is -0.153. The lowest BCUT2D eigenvalue weighted by atomic mass is 9.94. The molecule has 0 bridgehead atoms. The molecule has 0 aromatic heterocycles. The molecule has 0 spiro atoms. The Morgan fingerprint density at radius 1 is 1.11 bits per heavy atom. The van der Waals surface area contributed by atoms with Crippen LogP contribution in [0.1, 0.15) is 43.7 Å². The van der Waals surface area contributed by atoms with Crippen molar-refractivity contribution in [3.63, 3.8) is 0 Å². The van der Waals surface area contributed by atoms with Crippen molar-refractivity contribution in [2.24, 2.45) is 5.92 Å². The summed E-state index contributed by atoms with van der Waals surface area (Å²) in [5, 5.41) is 12.5. The number of nitrogens with one attached hydrogen (secondary N) is 1. The lowest BCUT2D eigenvalue weighted by molar-refractivity contribution is -0.158. The fourth-order valence-electron chi connectivity index (χ4n) is 5.05. The third kappa shape index (κ3) is 4.75. The summed E-state index contributed by atoms with van der Waals surface area (Å²) in [6, 6.07) is 15.2. The van der Waals surface area contributed by atoms with Crippen LogP contribution in [-0.4, -0.2) is 66.4 Å². The zero-order chi connectivity index (χ0) is 25.2. The summed E-state index contributed by atoms with van der Waals surface area (Å²) in [5.41, 5.74) is 3.02. The Morgan fingerprint density at radius 2 is 1.71 bits per heavy atom. The van der Waals surface area contributed by atoms with Gasteiger partial charge in [0.25, 0.3) is 0 Å². The van der Waals surface area contributed by atoms with Crippen molar-refractivity contribution in [1.82, 2.24) is 10.2 Å². The summed E-state index contributed by atoms with van der Waals surface area (Å²) in [4.78, 5) is 39.4. The molecule has 2 aromatic carbocycles. The second kappa shape index (κ2) is 10.1. The highest BCUT2D eigenvalue weighted by molar-refractivity contribution is 5.91. The van der Waals surface area contributed by atoms with Crippen LogP contribution in [0, 0.1) is 5.92 Å². The molecule has 0 saturated carbocycles. The van der Waals surface area contributed by atoms with Crippen molar-refractivity contribution in [3.8, 4) is 11.1 Å². The molecule has 186 valence electrons. The zero-order valence-electron chi connectivity index (χ0n) is 20.3. The molecule has 2 aromatic rings. The number of rotatable bonds is 8. The van der Waals surface area contributed by atoms with Crippen LogP contribution in [0.4, 0.5) is 4.79 Å². The number of amides is 2. The molecule has 1 heterocycles. The number of carbonyl (C=O) groups excluding carboxylic acids is 2. The predicted molar refractivity (Wildman–Crippen MR) is 130 cm³/mol. The number of carboxylic acid groups (broad SMARTS) is 1. The number of alkyl carbamates (subject to hydrolysis) is 1. The van der Waals surface area contributed by atoms with Crippen LogP contribution in [0.2, 0.25) is 0 Å². The number of hydrogen-bond acceptors (Lipinski definition) is 5. The highest BCUT2D eigenvalue weighted by Gasteiger charge is 2.49. The second-order valence-electron chi connectivity index (χ2n) is 9.69. The third-order valence-electron chi connectivity index (χ3n) is 7.01. The van der Waals surface area contributed by atoms with Crippen LogP contribution in [0.3, 0.4) is 0 Å². The van der Waals surface area contributed by atoms with Crippen molar-refractivity contribution in [3.05, 3.63) is 59.7 Å². The first-order chi connectivity index (χ1) is 16.7. The van der Waals surface area contributed by atoms with Crippen molar-refractivity contribution in [2.45, 2.75) is 44.2 Å². The van der Waals surface area contributed by atoms with E-state index in [1.54, 1.807) is 0 Å². The van der Waals surface area contributed by atoms with Gasteiger partial charge in [-0.05, 0) is 34.6 Å². The summed E-state index contributed by atoms with van der Waals surface area (Å²) < 4.78 is 10.9. The Balaban J connectivity index is 1.46. The molecule has 0 radical (unpaired) electrons. The van der Waals surface area contributed by atoms with Gasteiger partial charge in [-0.25, -0.2) is 9.59 Å². The Labute approximate surface area is 205 Å². The average Bonchev–Trinajstić information content (AvgIpc) is 3.46. The van der Waals surface area contributed by atoms with Gasteiger partial charge in [-0.15, -0.1) is 0 Å². The molecule has 2 aliphatic rings. The van der Waals surface area contributed by atoms with E-state index in [4.69, 9.17) is 9.47 Å². The fourth-order valence-corrected chi connectivity index (χ4v) is 5.05. The summed E-state index contributed by atoms with van der Waals surface area (Å²) in [6.45, 7) is 4.18. The first-order valence-corrected chi connectivity index (χ1v) is 11.9. The lowest BCUT2D eigenvalue weighted by Gasteiger charge is -2.36. The number of ether oxygens (including phenoxy) is 2. The molecule has 8 nitrogen and oxygen atoms in total. The second-order valence-corrected chi connectivity index (χ2v) is 9.69. The van der Waals surface area contributed by atoms with E-state index in [0.29, 0.717) is 6.42 Å². The van der Waals surface area contributed by atoms with Crippen molar-refractivity contribution in [1.29, 1.82) is 0 Å². The fraction of sp³-hybridized carbons (Fsp3) is 0.444. The van der Waals surface area contributed by atoms with Crippen LogP contribution in [0.15, 0.2) is 48.5 Å². The Bertz CT molecular complexity index is 1060. The Kier molecular flexibility index (Phi) is 7.12. The lowest BCUT2D eigenvalue weighted by Crippen LogP contribution is -2.60. The normalized spacial score (nSPS) is 19.7. The largest absolute Gasteiger partial charge is 0.479 e. The van der Waals surface area contributed by atoms with Gasteiger partial charge in [-0.2, -0.15) is 0 Å². The Hall–Kier alpha value is -3.39. The third-order valence-corrected chi connectivity index (χ3v) is 7.01. The minimum atomic E-state index is -1.44. The molecule has 1 unspecified atom stereocenters.